The molecule has 1 fully saturated rings. The summed E-state index contributed by atoms with van der Waals surface area (Å²) in [5, 5.41) is 5.84. The number of piperazine rings is 1. The lowest BCUT2D eigenvalue weighted by Crippen LogP contribution is -2.53. The van der Waals surface area contributed by atoms with Gasteiger partial charge in [-0.3, -0.25) is 9.69 Å². The van der Waals surface area contributed by atoms with Gasteiger partial charge in [-0.15, -0.1) is 11.3 Å². The zero-order valence-corrected chi connectivity index (χ0v) is 14.4. The van der Waals surface area contributed by atoms with Gasteiger partial charge in [0.1, 0.15) is 5.82 Å². The van der Waals surface area contributed by atoms with Crippen LogP contribution in [0, 0.1) is 5.82 Å². The number of anilines is 1. The molecule has 128 valence electrons. The van der Waals surface area contributed by atoms with Crippen LogP contribution >= 0.6 is 11.3 Å². The van der Waals surface area contributed by atoms with Crippen molar-refractivity contribution in [3.05, 3.63) is 47.2 Å². The first kappa shape index (κ1) is 16.9. The molecule has 0 bridgehead atoms. The number of amides is 1. The highest BCUT2D eigenvalue weighted by Gasteiger charge is 2.26. The largest absolute Gasteiger partial charge is 0.351 e. The van der Waals surface area contributed by atoms with E-state index in [2.05, 4.69) is 20.1 Å². The first-order chi connectivity index (χ1) is 11.6. The van der Waals surface area contributed by atoms with Gasteiger partial charge in [0.15, 0.2) is 5.13 Å². The van der Waals surface area contributed by atoms with Crippen molar-refractivity contribution in [3.63, 3.8) is 0 Å². The Labute approximate surface area is 145 Å². The number of halogens is 1. The minimum Gasteiger partial charge on any atom is -0.351 e. The van der Waals surface area contributed by atoms with Crippen LogP contribution in [0.3, 0.4) is 0 Å². The summed E-state index contributed by atoms with van der Waals surface area (Å²) in [6.07, 6.45) is 1.81. The lowest BCUT2D eigenvalue weighted by atomic mass is 10.2. The van der Waals surface area contributed by atoms with Gasteiger partial charge in [0.2, 0.25) is 5.91 Å². The van der Waals surface area contributed by atoms with E-state index in [0.717, 1.165) is 31.3 Å². The second-order valence-corrected chi connectivity index (χ2v) is 6.70. The van der Waals surface area contributed by atoms with Crippen LogP contribution in [0.4, 0.5) is 9.52 Å². The van der Waals surface area contributed by atoms with Gasteiger partial charge in [-0.25, -0.2) is 9.37 Å². The Morgan fingerprint density at radius 1 is 1.33 bits per heavy atom. The molecule has 24 heavy (non-hydrogen) atoms. The highest BCUT2D eigenvalue weighted by atomic mass is 32.1. The molecule has 3 rings (SSSR count). The van der Waals surface area contributed by atoms with Crippen molar-refractivity contribution in [1.29, 1.82) is 0 Å². The number of nitrogens with zero attached hydrogens (tertiary/aromatic N) is 3. The number of rotatable bonds is 5. The van der Waals surface area contributed by atoms with Gasteiger partial charge in [-0.2, -0.15) is 0 Å². The summed E-state index contributed by atoms with van der Waals surface area (Å²) in [5.41, 5.74) is 0.506. The molecule has 1 aromatic carbocycles. The summed E-state index contributed by atoms with van der Waals surface area (Å²) in [6, 6.07) is 6.28. The number of nitrogens with one attached hydrogen (secondary N) is 1. The Morgan fingerprint density at radius 2 is 2.08 bits per heavy atom. The molecule has 1 atom stereocenters. The predicted molar refractivity (Wildman–Crippen MR) is 93.6 cm³/mol. The summed E-state index contributed by atoms with van der Waals surface area (Å²) in [7, 11) is 0. The maximum Gasteiger partial charge on any atom is 0.237 e. The molecular weight excluding hydrogens is 327 g/mol. The Morgan fingerprint density at radius 3 is 2.75 bits per heavy atom. The number of benzene rings is 1. The van der Waals surface area contributed by atoms with E-state index >= 15 is 0 Å². The van der Waals surface area contributed by atoms with E-state index in [9.17, 15) is 9.18 Å². The van der Waals surface area contributed by atoms with Crippen LogP contribution < -0.4 is 10.2 Å². The molecule has 0 unspecified atom stereocenters. The zero-order valence-electron chi connectivity index (χ0n) is 13.6. The Balaban J connectivity index is 1.49. The van der Waals surface area contributed by atoms with Crippen molar-refractivity contribution in [2.24, 2.45) is 0 Å². The average molecular weight is 348 g/mol. The molecule has 1 aromatic heterocycles. The predicted octanol–water partition coefficient (Wildman–Crippen LogP) is 2.11. The van der Waals surface area contributed by atoms with Gasteiger partial charge in [-0.1, -0.05) is 18.2 Å². The second kappa shape index (κ2) is 7.72. The van der Waals surface area contributed by atoms with Crippen molar-refractivity contribution in [2.45, 2.75) is 19.5 Å². The molecule has 1 aliphatic rings. The normalized spacial score (nSPS) is 16.8. The molecule has 0 radical (unpaired) electrons. The summed E-state index contributed by atoms with van der Waals surface area (Å²) < 4.78 is 13.6. The Bertz CT molecular complexity index is 671. The number of hydrogen-bond donors (Lipinski definition) is 1. The quantitative estimate of drug-likeness (QED) is 0.899. The van der Waals surface area contributed by atoms with Gasteiger partial charge in [-0.05, 0) is 13.0 Å². The molecule has 1 saturated heterocycles. The van der Waals surface area contributed by atoms with Gasteiger partial charge in [0, 0.05) is 49.9 Å². The average Bonchev–Trinajstić information content (AvgIpc) is 3.15. The van der Waals surface area contributed by atoms with Crippen LogP contribution in [0.5, 0.6) is 0 Å². The van der Waals surface area contributed by atoms with E-state index in [1.54, 1.807) is 29.5 Å². The number of hydrogen-bond acceptors (Lipinski definition) is 5. The topological polar surface area (TPSA) is 48.5 Å². The molecule has 1 amide bonds. The maximum atomic E-state index is 13.6. The van der Waals surface area contributed by atoms with E-state index in [0.29, 0.717) is 5.56 Å². The van der Waals surface area contributed by atoms with Crippen LogP contribution in [-0.2, 0) is 11.3 Å². The lowest BCUT2D eigenvalue weighted by molar-refractivity contribution is -0.126. The number of aromatic nitrogens is 1. The zero-order chi connectivity index (χ0) is 16.9. The van der Waals surface area contributed by atoms with Crippen molar-refractivity contribution < 1.29 is 9.18 Å². The number of carbonyl (C=O) groups is 1. The van der Waals surface area contributed by atoms with Crippen molar-refractivity contribution in [1.82, 2.24) is 15.2 Å². The van der Waals surface area contributed by atoms with Gasteiger partial charge < -0.3 is 10.2 Å². The van der Waals surface area contributed by atoms with Crippen LogP contribution in [0.2, 0.25) is 0 Å². The fraction of sp³-hybridized carbons (Fsp3) is 0.412. The SMILES string of the molecule is C[C@@H](C(=O)NCc1ccccc1F)N1CCN(c2nccs2)CC1. The standard InChI is InChI=1S/C17H21FN4OS/c1-13(16(23)20-12-14-4-2-3-5-15(14)18)21-7-9-22(10-8-21)17-19-6-11-24-17/h2-6,11,13H,7-10,12H2,1H3,(H,20,23)/t13-/m0/s1. The van der Waals surface area contributed by atoms with E-state index in [4.69, 9.17) is 0 Å². The van der Waals surface area contributed by atoms with Gasteiger partial charge >= 0.3 is 0 Å². The van der Waals surface area contributed by atoms with Crippen LogP contribution in [0.1, 0.15) is 12.5 Å². The van der Waals surface area contributed by atoms with Crippen LogP contribution in [0.25, 0.3) is 0 Å². The number of thiazole rings is 1. The van der Waals surface area contributed by atoms with Crippen LogP contribution in [0.15, 0.2) is 35.8 Å². The van der Waals surface area contributed by atoms with E-state index < -0.39 is 0 Å². The van der Waals surface area contributed by atoms with Crippen LogP contribution in [-0.4, -0.2) is 48.0 Å². The second-order valence-electron chi connectivity index (χ2n) is 5.82. The Kier molecular flexibility index (Phi) is 5.42. The summed E-state index contributed by atoms with van der Waals surface area (Å²) in [6.45, 7) is 5.46. The molecule has 2 heterocycles. The first-order valence-electron chi connectivity index (χ1n) is 8.05. The third-order valence-corrected chi connectivity index (χ3v) is 5.17. The third-order valence-electron chi connectivity index (χ3n) is 4.34. The maximum absolute atomic E-state index is 13.6. The molecule has 5 nitrogen and oxygen atoms in total. The number of carbonyl (C=O) groups excluding carboxylic acids is 1. The third kappa shape index (κ3) is 3.91. The summed E-state index contributed by atoms with van der Waals surface area (Å²) >= 11 is 1.63. The highest BCUT2D eigenvalue weighted by Crippen LogP contribution is 2.19. The summed E-state index contributed by atoms with van der Waals surface area (Å²) in [5.74, 6) is -0.358. The molecule has 2 aromatic rings. The first-order valence-corrected chi connectivity index (χ1v) is 8.92. The Hall–Kier alpha value is -1.99. The minimum absolute atomic E-state index is 0.0686. The smallest absolute Gasteiger partial charge is 0.237 e. The molecule has 0 spiro atoms. The lowest BCUT2D eigenvalue weighted by Gasteiger charge is -2.37. The van der Waals surface area contributed by atoms with Crippen molar-refractivity contribution >= 4 is 22.4 Å². The molecule has 0 saturated carbocycles. The highest BCUT2D eigenvalue weighted by molar-refractivity contribution is 7.13. The molecule has 7 heteroatoms. The molecule has 0 aliphatic carbocycles. The van der Waals surface area contributed by atoms with Gasteiger partial charge in [0.25, 0.3) is 0 Å². The van der Waals surface area contributed by atoms with E-state index in [-0.39, 0.29) is 24.3 Å². The van der Waals surface area contributed by atoms with Gasteiger partial charge in [0.05, 0.1) is 6.04 Å². The minimum atomic E-state index is -0.289. The fourth-order valence-electron chi connectivity index (χ4n) is 2.81. The van der Waals surface area contributed by atoms with E-state index in [1.165, 1.54) is 6.07 Å². The monoisotopic (exact) mass is 348 g/mol. The molecule has 1 aliphatic heterocycles. The van der Waals surface area contributed by atoms with E-state index in [1.807, 2.05) is 18.5 Å². The fourth-order valence-corrected chi connectivity index (χ4v) is 3.51. The van der Waals surface area contributed by atoms with Crippen molar-refractivity contribution in [3.8, 4) is 0 Å². The van der Waals surface area contributed by atoms with Crippen molar-refractivity contribution in [2.75, 3.05) is 31.1 Å². The summed E-state index contributed by atoms with van der Waals surface area (Å²) in [4.78, 5) is 21.1. The molecular formula is C17H21FN4OS. The molecule has 1 N–H and O–H groups in total.